The summed E-state index contributed by atoms with van der Waals surface area (Å²) in [6, 6.07) is 6.98. The molecule has 2 rings (SSSR count). The molecule has 0 aliphatic carbocycles. The Bertz CT molecular complexity index is 461. The number of anilines is 1. The Morgan fingerprint density at radius 3 is 2.90 bits per heavy atom. The van der Waals surface area contributed by atoms with Gasteiger partial charge in [0.2, 0.25) is 0 Å². The lowest BCUT2D eigenvalue weighted by Crippen LogP contribution is -2.39. The number of hydrogen-bond donors (Lipinski definition) is 1. The van der Waals surface area contributed by atoms with Crippen LogP contribution in [-0.2, 0) is 6.42 Å². The lowest BCUT2D eigenvalue weighted by Gasteiger charge is -2.30. The molecular weight excluding hydrogens is 282 g/mol. The second-order valence-electron chi connectivity index (χ2n) is 6.26. The first-order chi connectivity index (χ1) is 10.0. The molecule has 0 spiro atoms. The van der Waals surface area contributed by atoms with Crippen LogP contribution in [0, 0.1) is 0 Å². The molecule has 0 saturated carbocycles. The van der Waals surface area contributed by atoms with E-state index in [0.717, 1.165) is 24.5 Å². The normalized spacial score (nSPS) is 20.7. The van der Waals surface area contributed by atoms with Crippen molar-refractivity contribution in [1.29, 1.82) is 0 Å². The lowest BCUT2D eigenvalue weighted by molar-refractivity contribution is 0.270. The Balaban J connectivity index is 2.12. The highest BCUT2D eigenvalue weighted by atomic mass is 35.5. The molecule has 3 nitrogen and oxygen atoms in total. The van der Waals surface area contributed by atoms with Gasteiger partial charge in [-0.2, -0.15) is 0 Å². The van der Waals surface area contributed by atoms with E-state index >= 15 is 0 Å². The number of hydrogen-bond acceptors (Lipinski definition) is 3. The Labute approximate surface area is 134 Å². The van der Waals surface area contributed by atoms with Gasteiger partial charge in [0.1, 0.15) is 0 Å². The van der Waals surface area contributed by atoms with Crippen LogP contribution in [0.15, 0.2) is 18.2 Å². The molecule has 1 heterocycles. The van der Waals surface area contributed by atoms with Crippen LogP contribution < -0.4 is 10.6 Å². The Kier molecular flexibility index (Phi) is 5.91. The molecule has 2 unspecified atom stereocenters. The minimum Gasteiger partial charge on any atom is -0.373 e. The molecule has 118 valence electrons. The molecule has 1 fully saturated rings. The van der Waals surface area contributed by atoms with Crippen LogP contribution in [0.4, 0.5) is 5.69 Å². The van der Waals surface area contributed by atoms with Gasteiger partial charge in [-0.25, -0.2) is 0 Å². The molecule has 0 aromatic heterocycles. The van der Waals surface area contributed by atoms with E-state index in [9.17, 15) is 0 Å². The van der Waals surface area contributed by atoms with Gasteiger partial charge in [-0.15, -0.1) is 0 Å². The molecule has 21 heavy (non-hydrogen) atoms. The minimum absolute atomic E-state index is 0.147. The van der Waals surface area contributed by atoms with E-state index in [0.29, 0.717) is 6.04 Å². The minimum atomic E-state index is 0.147. The average Bonchev–Trinajstić information content (AvgIpc) is 2.85. The zero-order chi connectivity index (χ0) is 15.4. The quantitative estimate of drug-likeness (QED) is 0.876. The number of rotatable bonds is 6. The number of halogens is 1. The van der Waals surface area contributed by atoms with Crippen LogP contribution in [0.1, 0.15) is 32.3 Å². The first kappa shape index (κ1) is 16.6. The second-order valence-corrected chi connectivity index (χ2v) is 6.70. The highest BCUT2D eigenvalue weighted by Crippen LogP contribution is 2.26. The maximum Gasteiger partial charge on any atom is 0.0410 e. The van der Waals surface area contributed by atoms with E-state index in [1.165, 1.54) is 30.6 Å². The van der Waals surface area contributed by atoms with Gasteiger partial charge in [-0.05, 0) is 63.0 Å². The fourth-order valence-electron chi connectivity index (χ4n) is 3.37. The molecule has 4 heteroatoms. The predicted molar refractivity (Wildman–Crippen MR) is 92.3 cm³/mol. The summed E-state index contributed by atoms with van der Waals surface area (Å²) in [6.45, 7) is 7.75. The van der Waals surface area contributed by atoms with Gasteiger partial charge in [0.05, 0.1) is 0 Å². The molecule has 0 bridgehead atoms. The van der Waals surface area contributed by atoms with Crippen molar-refractivity contribution in [1.82, 2.24) is 4.90 Å². The maximum atomic E-state index is 6.15. The van der Waals surface area contributed by atoms with Gasteiger partial charge in [0, 0.05) is 36.4 Å². The summed E-state index contributed by atoms with van der Waals surface area (Å²) in [5, 5.41) is 0.791. The average molecular weight is 310 g/mol. The maximum absolute atomic E-state index is 6.15. The molecule has 1 aromatic rings. The molecule has 2 N–H and O–H groups in total. The van der Waals surface area contributed by atoms with Gasteiger partial charge in [-0.3, -0.25) is 4.90 Å². The Hall–Kier alpha value is -0.770. The lowest BCUT2D eigenvalue weighted by atomic mass is 10.0. The molecule has 1 aliphatic heterocycles. The van der Waals surface area contributed by atoms with Crippen LogP contribution in [0.5, 0.6) is 0 Å². The third kappa shape index (κ3) is 4.35. The van der Waals surface area contributed by atoms with Crippen LogP contribution in [0.2, 0.25) is 5.02 Å². The van der Waals surface area contributed by atoms with E-state index in [-0.39, 0.29) is 6.04 Å². The summed E-state index contributed by atoms with van der Waals surface area (Å²) in [4.78, 5) is 4.95. The van der Waals surface area contributed by atoms with Crippen molar-refractivity contribution in [3.8, 4) is 0 Å². The van der Waals surface area contributed by atoms with Crippen molar-refractivity contribution in [3.05, 3.63) is 28.8 Å². The second kappa shape index (κ2) is 7.48. The SMILES string of the molecule is CCN1CCCC1CN(C)c1ccc(Cl)cc1CC(C)N. The summed E-state index contributed by atoms with van der Waals surface area (Å²) in [7, 11) is 2.18. The third-order valence-corrected chi connectivity index (χ3v) is 4.62. The fourth-order valence-corrected chi connectivity index (χ4v) is 3.56. The summed E-state index contributed by atoms with van der Waals surface area (Å²) in [5.74, 6) is 0. The van der Waals surface area contributed by atoms with Crippen LogP contribution in [0.3, 0.4) is 0 Å². The standard InChI is InChI=1S/C17H28ClN3/c1-4-21-9-5-6-16(21)12-20(3)17-8-7-15(18)11-14(17)10-13(2)19/h7-8,11,13,16H,4-6,9-10,12,19H2,1-3H3. The number of likely N-dealkylation sites (N-methyl/N-ethyl adjacent to an activating group) is 2. The van der Waals surface area contributed by atoms with Gasteiger partial charge in [0.15, 0.2) is 0 Å². The first-order valence-electron chi connectivity index (χ1n) is 8.00. The highest BCUT2D eigenvalue weighted by Gasteiger charge is 2.24. The van der Waals surface area contributed by atoms with Gasteiger partial charge >= 0.3 is 0 Å². The van der Waals surface area contributed by atoms with Crippen molar-refractivity contribution in [2.75, 3.05) is 31.6 Å². The van der Waals surface area contributed by atoms with Crippen molar-refractivity contribution in [2.45, 2.75) is 45.2 Å². The topological polar surface area (TPSA) is 32.5 Å². The van der Waals surface area contributed by atoms with Crippen LogP contribution >= 0.6 is 11.6 Å². The summed E-state index contributed by atoms with van der Waals surface area (Å²) < 4.78 is 0. The number of likely N-dealkylation sites (tertiary alicyclic amines) is 1. The van der Waals surface area contributed by atoms with E-state index < -0.39 is 0 Å². The molecule has 1 saturated heterocycles. The van der Waals surface area contributed by atoms with E-state index in [2.05, 4.69) is 35.9 Å². The van der Waals surface area contributed by atoms with Gasteiger partial charge in [0.25, 0.3) is 0 Å². The van der Waals surface area contributed by atoms with E-state index in [4.69, 9.17) is 17.3 Å². The zero-order valence-corrected chi connectivity index (χ0v) is 14.2. The van der Waals surface area contributed by atoms with Crippen molar-refractivity contribution in [3.63, 3.8) is 0 Å². The molecule has 0 radical (unpaired) electrons. The monoisotopic (exact) mass is 309 g/mol. The predicted octanol–water partition coefficient (Wildman–Crippen LogP) is 3.15. The van der Waals surface area contributed by atoms with Gasteiger partial charge < -0.3 is 10.6 Å². The van der Waals surface area contributed by atoms with Crippen LogP contribution in [-0.4, -0.2) is 43.7 Å². The number of nitrogens with zero attached hydrogens (tertiary/aromatic N) is 2. The fraction of sp³-hybridized carbons (Fsp3) is 0.647. The summed E-state index contributed by atoms with van der Waals surface area (Å²) >= 11 is 6.15. The largest absolute Gasteiger partial charge is 0.373 e. The first-order valence-corrected chi connectivity index (χ1v) is 8.38. The number of nitrogens with two attached hydrogens (primary N) is 1. The van der Waals surface area contributed by atoms with Gasteiger partial charge in [-0.1, -0.05) is 18.5 Å². The van der Waals surface area contributed by atoms with E-state index in [1.54, 1.807) is 0 Å². The zero-order valence-electron chi connectivity index (χ0n) is 13.5. The number of benzene rings is 1. The van der Waals surface area contributed by atoms with Crippen molar-refractivity contribution in [2.24, 2.45) is 5.73 Å². The molecule has 2 atom stereocenters. The molecular formula is C17H28ClN3. The third-order valence-electron chi connectivity index (χ3n) is 4.38. The molecule has 1 aliphatic rings. The smallest absolute Gasteiger partial charge is 0.0410 e. The van der Waals surface area contributed by atoms with E-state index in [1.807, 2.05) is 13.0 Å². The Morgan fingerprint density at radius 2 is 2.24 bits per heavy atom. The van der Waals surface area contributed by atoms with Crippen molar-refractivity contribution >= 4 is 17.3 Å². The summed E-state index contributed by atoms with van der Waals surface area (Å²) in [6.07, 6.45) is 3.48. The highest BCUT2D eigenvalue weighted by molar-refractivity contribution is 6.30. The van der Waals surface area contributed by atoms with Crippen molar-refractivity contribution < 1.29 is 0 Å². The molecule has 0 amide bonds. The van der Waals surface area contributed by atoms with Crippen LogP contribution in [0.25, 0.3) is 0 Å². The molecule has 1 aromatic carbocycles. The Morgan fingerprint density at radius 1 is 1.48 bits per heavy atom. The summed E-state index contributed by atoms with van der Waals surface area (Å²) in [5.41, 5.74) is 8.50.